The van der Waals surface area contributed by atoms with Crippen LogP contribution in [0.25, 0.3) is 32.0 Å². The first-order chi connectivity index (χ1) is 16.9. The number of aromatic nitrogens is 2. The first kappa shape index (κ1) is 25.4. The third-order valence-electron chi connectivity index (χ3n) is 5.26. The number of Topliss-reactive ketones (excluding diaryl/α,β-unsaturated/α-hetero) is 1. The fourth-order valence-electron chi connectivity index (χ4n) is 3.62. The van der Waals surface area contributed by atoms with Crippen molar-refractivity contribution in [3.05, 3.63) is 41.9 Å². The highest BCUT2D eigenvalue weighted by atomic mass is 32.2. The standard InChI is InChI=1S/C25H28N4O3S3/c1-4-5-12-35(31)25-22(26)21-19(13-20(28-24(21)34-25)23-27-10-11-33-23)16-6-8-18(9-7-16)32-15-17(30)14-29(2)3/h6-11,13H,4-5,12,14-15,26H2,1-3H3. The fraction of sp³-hybridized carbons (Fsp3) is 0.320. The summed E-state index contributed by atoms with van der Waals surface area (Å²) >= 11 is 2.91. The summed E-state index contributed by atoms with van der Waals surface area (Å²) in [6.07, 6.45) is 3.61. The number of thiazole rings is 1. The van der Waals surface area contributed by atoms with Gasteiger partial charge in [-0.2, -0.15) is 0 Å². The molecule has 0 aliphatic carbocycles. The third-order valence-corrected chi connectivity index (χ3v) is 9.05. The topological polar surface area (TPSA) is 98.4 Å². The Balaban J connectivity index is 1.71. The van der Waals surface area contributed by atoms with Gasteiger partial charge in [-0.1, -0.05) is 25.5 Å². The van der Waals surface area contributed by atoms with Crippen molar-refractivity contribution in [2.75, 3.05) is 38.7 Å². The second-order valence-corrected chi connectivity index (χ2v) is 12.0. The summed E-state index contributed by atoms with van der Waals surface area (Å²) in [7, 11) is 2.53. The van der Waals surface area contributed by atoms with Gasteiger partial charge in [-0.25, -0.2) is 9.97 Å². The summed E-state index contributed by atoms with van der Waals surface area (Å²) in [4.78, 5) is 23.8. The van der Waals surface area contributed by atoms with Crippen molar-refractivity contribution in [2.45, 2.75) is 24.0 Å². The number of hydrogen-bond donors (Lipinski definition) is 1. The molecule has 0 bridgehead atoms. The van der Waals surface area contributed by atoms with Crippen LogP contribution in [0.5, 0.6) is 5.75 Å². The van der Waals surface area contributed by atoms with Crippen LogP contribution in [0.3, 0.4) is 0 Å². The second-order valence-electron chi connectivity index (χ2n) is 8.37. The molecule has 7 nitrogen and oxygen atoms in total. The number of carbonyl (C=O) groups excluding carboxylic acids is 1. The number of likely N-dealkylation sites (N-methyl/N-ethyl adjacent to an activating group) is 1. The first-order valence-electron chi connectivity index (χ1n) is 11.3. The molecular weight excluding hydrogens is 501 g/mol. The number of thiophene rings is 1. The minimum absolute atomic E-state index is 0.0117. The lowest BCUT2D eigenvalue weighted by Crippen LogP contribution is -2.26. The number of benzene rings is 1. The number of pyridine rings is 1. The minimum Gasteiger partial charge on any atom is -0.486 e. The number of nitrogens with two attached hydrogens (primary N) is 1. The van der Waals surface area contributed by atoms with E-state index >= 15 is 0 Å². The van der Waals surface area contributed by atoms with Crippen LogP contribution >= 0.6 is 22.7 Å². The van der Waals surface area contributed by atoms with Crippen LogP contribution in [0.1, 0.15) is 19.8 Å². The number of rotatable bonds is 11. The zero-order valence-electron chi connectivity index (χ0n) is 19.9. The molecular formula is C25H28N4O3S3. The van der Waals surface area contributed by atoms with E-state index in [0.717, 1.165) is 44.9 Å². The molecule has 0 aliphatic rings. The van der Waals surface area contributed by atoms with Crippen LogP contribution in [-0.4, -0.2) is 57.9 Å². The molecule has 1 unspecified atom stereocenters. The average molecular weight is 529 g/mol. The molecule has 0 amide bonds. The number of fused-ring (bicyclic) bond motifs is 1. The summed E-state index contributed by atoms with van der Waals surface area (Å²) in [5, 5.41) is 3.54. The molecule has 4 aromatic rings. The Bertz CT molecular complexity index is 1330. The SMILES string of the molecule is CCCCS(=O)c1sc2nc(-c3nccs3)cc(-c3ccc(OCC(=O)CN(C)C)cc3)c2c1N. The van der Waals surface area contributed by atoms with Crippen molar-refractivity contribution in [2.24, 2.45) is 0 Å². The molecule has 1 aromatic carbocycles. The van der Waals surface area contributed by atoms with E-state index in [2.05, 4.69) is 11.9 Å². The summed E-state index contributed by atoms with van der Waals surface area (Å²) in [6.45, 7) is 2.44. The van der Waals surface area contributed by atoms with Gasteiger partial charge in [-0.05, 0) is 49.8 Å². The molecule has 4 rings (SSSR count). The predicted octanol–water partition coefficient (Wildman–Crippen LogP) is 5.09. The maximum absolute atomic E-state index is 13.0. The molecule has 2 N–H and O–H groups in total. The number of nitrogen functional groups attached to an aromatic ring is 1. The molecule has 3 heterocycles. The number of nitrogens with zero attached hydrogens (tertiary/aromatic N) is 3. The van der Waals surface area contributed by atoms with Gasteiger partial charge in [0.25, 0.3) is 0 Å². The largest absolute Gasteiger partial charge is 0.486 e. The van der Waals surface area contributed by atoms with Crippen molar-refractivity contribution in [1.29, 1.82) is 0 Å². The smallest absolute Gasteiger partial charge is 0.184 e. The van der Waals surface area contributed by atoms with E-state index in [1.807, 2.05) is 54.7 Å². The van der Waals surface area contributed by atoms with Gasteiger partial charge in [0.1, 0.15) is 32.1 Å². The van der Waals surface area contributed by atoms with Gasteiger partial charge in [0.2, 0.25) is 0 Å². The molecule has 0 aliphatic heterocycles. The van der Waals surface area contributed by atoms with Gasteiger partial charge in [-0.3, -0.25) is 9.00 Å². The lowest BCUT2D eigenvalue weighted by atomic mass is 10.0. The molecule has 0 saturated carbocycles. The Morgan fingerprint density at radius 1 is 1.23 bits per heavy atom. The molecule has 3 aromatic heterocycles. The lowest BCUT2D eigenvalue weighted by Gasteiger charge is -2.11. The molecule has 0 radical (unpaired) electrons. The van der Waals surface area contributed by atoms with Crippen molar-refractivity contribution >= 4 is 55.2 Å². The summed E-state index contributed by atoms with van der Waals surface area (Å²) < 4.78 is 19.3. The highest BCUT2D eigenvalue weighted by Gasteiger charge is 2.21. The molecule has 10 heteroatoms. The fourth-order valence-corrected chi connectivity index (χ4v) is 7.01. The van der Waals surface area contributed by atoms with E-state index in [9.17, 15) is 9.00 Å². The maximum atomic E-state index is 13.0. The number of anilines is 1. The van der Waals surface area contributed by atoms with E-state index < -0.39 is 10.8 Å². The first-order valence-corrected chi connectivity index (χ1v) is 14.3. The maximum Gasteiger partial charge on any atom is 0.184 e. The van der Waals surface area contributed by atoms with Gasteiger partial charge >= 0.3 is 0 Å². The Morgan fingerprint density at radius 3 is 2.66 bits per heavy atom. The summed E-state index contributed by atoms with van der Waals surface area (Å²) in [5.41, 5.74) is 9.68. The lowest BCUT2D eigenvalue weighted by molar-refractivity contribution is -0.121. The van der Waals surface area contributed by atoms with E-state index in [4.69, 9.17) is 15.5 Å². The Morgan fingerprint density at radius 2 is 2.00 bits per heavy atom. The Labute approximate surface area is 215 Å². The normalized spacial score (nSPS) is 12.3. The average Bonchev–Trinajstić information content (AvgIpc) is 3.49. The number of carbonyl (C=O) groups is 1. The zero-order chi connectivity index (χ0) is 24.9. The van der Waals surface area contributed by atoms with Crippen molar-refractivity contribution in [3.63, 3.8) is 0 Å². The molecule has 184 valence electrons. The molecule has 35 heavy (non-hydrogen) atoms. The monoisotopic (exact) mass is 528 g/mol. The van der Waals surface area contributed by atoms with E-state index in [-0.39, 0.29) is 12.4 Å². The van der Waals surface area contributed by atoms with Crippen LogP contribution < -0.4 is 10.5 Å². The second kappa shape index (κ2) is 11.4. The van der Waals surface area contributed by atoms with E-state index in [1.165, 1.54) is 22.7 Å². The third kappa shape index (κ3) is 5.95. The summed E-state index contributed by atoms with van der Waals surface area (Å²) in [6, 6.07) is 9.56. The van der Waals surface area contributed by atoms with Gasteiger partial charge in [-0.15, -0.1) is 22.7 Å². The van der Waals surface area contributed by atoms with Crippen LogP contribution in [0, 0.1) is 0 Å². The molecule has 1 atom stereocenters. The van der Waals surface area contributed by atoms with Gasteiger partial charge < -0.3 is 15.4 Å². The van der Waals surface area contributed by atoms with E-state index in [0.29, 0.717) is 27.9 Å². The number of hydrogen-bond acceptors (Lipinski definition) is 9. The molecule has 0 spiro atoms. The van der Waals surface area contributed by atoms with Crippen LogP contribution in [0.2, 0.25) is 0 Å². The van der Waals surface area contributed by atoms with Gasteiger partial charge in [0, 0.05) is 22.7 Å². The van der Waals surface area contributed by atoms with E-state index in [1.54, 1.807) is 6.20 Å². The molecule has 0 saturated heterocycles. The van der Waals surface area contributed by atoms with Crippen molar-refractivity contribution in [3.8, 4) is 27.6 Å². The molecule has 0 fully saturated rings. The van der Waals surface area contributed by atoms with Crippen LogP contribution in [0.15, 0.2) is 46.1 Å². The number of unbranched alkanes of at least 4 members (excludes halogenated alkanes) is 1. The van der Waals surface area contributed by atoms with Crippen molar-refractivity contribution in [1.82, 2.24) is 14.9 Å². The summed E-state index contributed by atoms with van der Waals surface area (Å²) in [5.74, 6) is 1.21. The minimum atomic E-state index is -1.17. The highest BCUT2D eigenvalue weighted by Crippen LogP contribution is 2.43. The Kier molecular flexibility index (Phi) is 8.27. The quantitative estimate of drug-likeness (QED) is 0.290. The van der Waals surface area contributed by atoms with Crippen LogP contribution in [0.4, 0.5) is 5.69 Å². The highest BCUT2D eigenvalue weighted by molar-refractivity contribution is 7.87. The number of ketones is 1. The van der Waals surface area contributed by atoms with Crippen LogP contribution in [-0.2, 0) is 15.6 Å². The zero-order valence-corrected chi connectivity index (χ0v) is 22.4. The Hall–Kier alpha value is -2.66. The van der Waals surface area contributed by atoms with Gasteiger partial charge in [0.15, 0.2) is 5.78 Å². The predicted molar refractivity (Wildman–Crippen MR) is 146 cm³/mol. The number of ether oxygens (including phenoxy) is 1. The van der Waals surface area contributed by atoms with Crippen molar-refractivity contribution < 1.29 is 13.7 Å². The van der Waals surface area contributed by atoms with Gasteiger partial charge in [0.05, 0.1) is 23.0 Å².